The van der Waals surface area contributed by atoms with Gasteiger partial charge in [-0.05, 0) is 22.9 Å². The van der Waals surface area contributed by atoms with Crippen molar-refractivity contribution in [1.29, 1.82) is 0 Å². The lowest BCUT2D eigenvalue weighted by molar-refractivity contribution is 0.109. The fourth-order valence-electron chi connectivity index (χ4n) is 1.31. The zero-order valence-corrected chi connectivity index (χ0v) is 10.5. The van der Waals surface area contributed by atoms with Crippen molar-refractivity contribution >= 4 is 21.6 Å². The molecular weight excluding hydrogens is 274 g/mol. The number of fused-ring (bicyclic) bond motifs is 1. The molecule has 2 aromatic heterocycles. The second-order valence-electron chi connectivity index (χ2n) is 3.07. The summed E-state index contributed by atoms with van der Waals surface area (Å²) >= 11 is 3.32. The number of ether oxygens (including phenoxy) is 2. The first-order chi connectivity index (χ1) is 7.81. The topological polar surface area (TPSA) is 48.7 Å². The Balaban J connectivity index is 2.12. The summed E-state index contributed by atoms with van der Waals surface area (Å²) in [4.78, 5) is 8.40. The van der Waals surface area contributed by atoms with E-state index in [4.69, 9.17) is 9.47 Å². The molecule has 0 unspecified atom stereocenters. The maximum atomic E-state index is 5.51. The minimum Gasteiger partial charge on any atom is -0.473 e. The van der Waals surface area contributed by atoms with Crippen LogP contribution in [0.15, 0.2) is 23.2 Å². The summed E-state index contributed by atoms with van der Waals surface area (Å²) in [7, 11) is 0. The minimum atomic E-state index is 0.472. The second kappa shape index (κ2) is 5.27. The van der Waals surface area contributed by atoms with E-state index in [0.717, 1.165) is 0 Å². The highest BCUT2D eigenvalue weighted by atomic mass is 79.9. The summed E-state index contributed by atoms with van der Waals surface area (Å²) in [6.07, 6.45) is 5.38. The maximum Gasteiger partial charge on any atom is 0.259 e. The molecule has 2 aromatic rings. The van der Waals surface area contributed by atoms with E-state index in [0.29, 0.717) is 36.0 Å². The second-order valence-corrected chi connectivity index (χ2v) is 3.88. The normalized spacial score (nSPS) is 10.9. The molecule has 0 aliphatic carbocycles. The highest BCUT2D eigenvalue weighted by Crippen LogP contribution is 2.18. The molecule has 0 spiro atoms. The van der Waals surface area contributed by atoms with Gasteiger partial charge in [0.05, 0.1) is 6.61 Å². The van der Waals surface area contributed by atoms with Crippen molar-refractivity contribution in [1.82, 2.24) is 14.4 Å². The molecule has 0 atom stereocenters. The third-order valence-electron chi connectivity index (χ3n) is 1.98. The summed E-state index contributed by atoms with van der Waals surface area (Å²) in [6.45, 7) is 3.66. The minimum absolute atomic E-state index is 0.472. The Morgan fingerprint density at radius 3 is 3.12 bits per heavy atom. The van der Waals surface area contributed by atoms with Gasteiger partial charge in [-0.15, -0.1) is 0 Å². The Hall–Kier alpha value is -1.14. The van der Waals surface area contributed by atoms with Crippen LogP contribution >= 0.6 is 15.9 Å². The van der Waals surface area contributed by atoms with Crippen LogP contribution in [0.3, 0.4) is 0 Å². The number of imidazole rings is 1. The molecule has 0 amide bonds. The molecule has 0 N–H and O–H groups in total. The molecule has 0 aliphatic rings. The summed E-state index contributed by atoms with van der Waals surface area (Å²) in [5, 5.41) is 0. The molecule has 0 saturated carbocycles. The van der Waals surface area contributed by atoms with Gasteiger partial charge in [-0.3, -0.25) is 4.40 Å². The van der Waals surface area contributed by atoms with Gasteiger partial charge in [0.2, 0.25) is 5.65 Å². The van der Waals surface area contributed by atoms with Gasteiger partial charge in [0.15, 0.2) is 0 Å². The molecule has 0 bridgehead atoms. The third kappa shape index (κ3) is 2.51. The quantitative estimate of drug-likeness (QED) is 0.788. The first kappa shape index (κ1) is 11.3. The van der Waals surface area contributed by atoms with Crippen LogP contribution in [0.2, 0.25) is 0 Å². The molecular formula is C10H12BrN3O2. The van der Waals surface area contributed by atoms with Crippen LogP contribution in [0.4, 0.5) is 0 Å². The smallest absolute Gasteiger partial charge is 0.259 e. The molecule has 0 aliphatic heterocycles. The SMILES string of the molecule is CCOCCOc1nc(Br)cn2ccnc12. The molecule has 2 rings (SSSR count). The first-order valence-electron chi connectivity index (χ1n) is 5.01. The van der Waals surface area contributed by atoms with Crippen LogP contribution in [0, 0.1) is 0 Å². The molecule has 16 heavy (non-hydrogen) atoms. The lowest BCUT2D eigenvalue weighted by Crippen LogP contribution is -2.08. The first-order valence-corrected chi connectivity index (χ1v) is 5.80. The number of hydrogen-bond donors (Lipinski definition) is 0. The van der Waals surface area contributed by atoms with Crippen LogP contribution < -0.4 is 4.74 Å². The number of nitrogens with zero attached hydrogens (tertiary/aromatic N) is 3. The molecule has 0 saturated heterocycles. The number of hydrogen-bond acceptors (Lipinski definition) is 4. The van der Waals surface area contributed by atoms with Crippen molar-refractivity contribution in [2.75, 3.05) is 19.8 Å². The Kier molecular flexibility index (Phi) is 3.74. The van der Waals surface area contributed by atoms with Crippen molar-refractivity contribution < 1.29 is 9.47 Å². The van der Waals surface area contributed by atoms with Gasteiger partial charge in [0, 0.05) is 25.2 Å². The van der Waals surface area contributed by atoms with E-state index < -0.39 is 0 Å². The molecule has 5 nitrogen and oxygen atoms in total. The summed E-state index contributed by atoms with van der Waals surface area (Å²) in [5.74, 6) is 0.513. The lowest BCUT2D eigenvalue weighted by atomic mass is 10.6. The van der Waals surface area contributed by atoms with Crippen LogP contribution in [-0.4, -0.2) is 34.2 Å². The van der Waals surface area contributed by atoms with Gasteiger partial charge in [-0.25, -0.2) is 9.97 Å². The Bertz CT molecular complexity index is 472. The van der Waals surface area contributed by atoms with E-state index in [1.54, 1.807) is 6.20 Å². The van der Waals surface area contributed by atoms with E-state index in [2.05, 4.69) is 25.9 Å². The van der Waals surface area contributed by atoms with E-state index in [9.17, 15) is 0 Å². The molecule has 0 fully saturated rings. The van der Waals surface area contributed by atoms with E-state index in [1.165, 1.54) is 0 Å². The van der Waals surface area contributed by atoms with Crippen LogP contribution in [0.5, 0.6) is 5.88 Å². The van der Waals surface area contributed by atoms with Crippen molar-refractivity contribution in [2.45, 2.75) is 6.92 Å². The standard InChI is InChI=1S/C10H12BrN3O2/c1-2-15-5-6-16-10-9-12-3-4-14(9)7-8(11)13-10/h3-4,7H,2,5-6H2,1H3. The third-order valence-corrected chi connectivity index (χ3v) is 2.37. The van der Waals surface area contributed by atoms with Gasteiger partial charge in [0.25, 0.3) is 5.88 Å². The number of rotatable bonds is 5. The van der Waals surface area contributed by atoms with Crippen molar-refractivity contribution in [2.24, 2.45) is 0 Å². The summed E-state index contributed by atoms with van der Waals surface area (Å²) in [5.41, 5.74) is 0.708. The van der Waals surface area contributed by atoms with Crippen molar-refractivity contribution in [3.63, 3.8) is 0 Å². The van der Waals surface area contributed by atoms with E-state index in [1.807, 2.05) is 23.7 Å². The van der Waals surface area contributed by atoms with Gasteiger partial charge in [-0.2, -0.15) is 0 Å². The zero-order valence-electron chi connectivity index (χ0n) is 8.89. The van der Waals surface area contributed by atoms with E-state index >= 15 is 0 Å². The Morgan fingerprint density at radius 2 is 2.31 bits per heavy atom. The van der Waals surface area contributed by atoms with Crippen molar-refractivity contribution in [3.05, 3.63) is 23.2 Å². The zero-order chi connectivity index (χ0) is 11.4. The van der Waals surface area contributed by atoms with Crippen LogP contribution in [0.25, 0.3) is 5.65 Å². The highest BCUT2D eigenvalue weighted by molar-refractivity contribution is 9.10. The average Bonchev–Trinajstić information content (AvgIpc) is 2.72. The molecule has 6 heteroatoms. The number of aromatic nitrogens is 3. The monoisotopic (exact) mass is 285 g/mol. The molecule has 0 radical (unpaired) electrons. The Labute approximate surface area is 102 Å². The fourth-order valence-corrected chi connectivity index (χ4v) is 1.69. The summed E-state index contributed by atoms with van der Waals surface area (Å²) in [6, 6.07) is 0. The predicted octanol–water partition coefficient (Wildman–Crippen LogP) is 1.91. The van der Waals surface area contributed by atoms with Gasteiger partial charge in [-0.1, -0.05) is 0 Å². The van der Waals surface area contributed by atoms with Gasteiger partial charge < -0.3 is 9.47 Å². The fraction of sp³-hybridized carbons (Fsp3) is 0.400. The predicted molar refractivity (Wildman–Crippen MR) is 62.7 cm³/mol. The van der Waals surface area contributed by atoms with Crippen LogP contribution in [-0.2, 0) is 4.74 Å². The largest absolute Gasteiger partial charge is 0.473 e. The Morgan fingerprint density at radius 1 is 1.44 bits per heavy atom. The maximum absolute atomic E-state index is 5.51. The van der Waals surface area contributed by atoms with Crippen LogP contribution in [0.1, 0.15) is 6.92 Å². The molecule has 0 aromatic carbocycles. The summed E-state index contributed by atoms with van der Waals surface area (Å²) < 4.78 is 13.3. The highest BCUT2D eigenvalue weighted by Gasteiger charge is 2.07. The number of halogens is 1. The van der Waals surface area contributed by atoms with Gasteiger partial charge >= 0.3 is 0 Å². The molecule has 86 valence electrons. The lowest BCUT2D eigenvalue weighted by Gasteiger charge is -2.06. The average molecular weight is 286 g/mol. The van der Waals surface area contributed by atoms with Crippen molar-refractivity contribution in [3.8, 4) is 5.88 Å². The van der Waals surface area contributed by atoms with E-state index in [-0.39, 0.29) is 0 Å². The molecule has 2 heterocycles. The van der Waals surface area contributed by atoms with Gasteiger partial charge in [0.1, 0.15) is 11.2 Å².